The standard InChI is InChI=1S/C33H45N5O4S2.3ClH/c1-22-28(39-6)30(43-32(22)41-8)26-14-12-24(20-34-26)37(4)18-10-16-36(3)17-11-19-38(5)25-13-15-27(35-21-25)31-29(40-7)23(2)33(42-9)44-31;;;/h12-15,20-21H,10-11,16-19H2,1-9H3;3*1H. The Bertz CT molecular complexity index is 1390. The van der Waals surface area contributed by atoms with E-state index in [-0.39, 0.29) is 37.2 Å². The topological polar surface area (TPSA) is 72.4 Å². The third kappa shape index (κ3) is 10.2. The van der Waals surface area contributed by atoms with E-state index in [9.17, 15) is 0 Å². The van der Waals surface area contributed by atoms with Crippen LogP contribution in [0.2, 0.25) is 0 Å². The molecular weight excluding hydrogens is 701 g/mol. The lowest BCUT2D eigenvalue weighted by molar-refractivity contribution is 0.327. The third-order valence-corrected chi connectivity index (χ3v) is 10.3. The monoisotopic (exact) mass is 747 g/mol. The fourth-order valence-corrected chi connectivity index (χ4v) is 7.33. The van der Waals surface area contributed by atoms with Crippen LogP contribution in [-0.2, 0) is 0 Å². The molecule has 14 heteroatoms. The average molecular weight is 749 g/mol. The van der Waals surface area contributed by atoms with Gasteiger partial charge in [0.15, 0.2) is 10.1 Å². The van der Waals surface area contributed by atoms with Gasteiger partial charge in [-0.25, -0.2) is 0 Å². The number of rotatable bonds is 16. The lowest BCUT2D eigenvalue weighted by atomic mass is 10.2. The van der Waals surface area contributed by atoms with E-state index in [1.807, 2.05) is 26.2 Å². The first kappa shape index (κ1) is 42.4. The first-order valence-corrected chi connectivity index (χ1v) is 16.3. The number of aromatic nitrogens is 2. The number of hydrogen-bond acceptors (Lipinski definition) is 11. The van der Waals surface area contributed by atoms with Gasteiger partial charge in [-0.2, -0.15) is 0 Å². The molecule has 0 fully saturated rings. The van der Waals surface area contributed by atoms with Crippen molar-refractivity contribution in [3.63, 3.8) is 0 Å². The normalized spacial score (nSPS) is 10.4. The molecule has 9 nitrogen and oxygen atoms in total. The number of methoxy groups -OCH3 is 4. The van der Waals surface area contributed by atoms with E-state index in [1.54, 1.807) is 51.1 Å². The molecule has 262 valence electrons. The first-order chi connectivity index (χ1) is 21.2. The van der Waals surface area contributed by atoms with Crippen LogP contribution in [0.15, 0.2) is 36.7 Å². The van der Waals surface area contributed by atoms with Gasteiger partial charge in [0.05, 0.1) is 73.3 Å². The van der Waals surface area contributed by atoms with E-state index >= 15 is 0 Å². The van der Waals surface area contributed by atoms with E-state index < -0.39 is 0 Å². The Morgan fingerprint density at radius 1 is 0.574 bits per heavy atom. The Morgan fingerprint density at radius 2 is 0.957 bits per heavy atom. The van der Waals surface area contributed by atoms with Gasteiger partial charge in [0.25, 0.3) is 0 Å². The molecule has 0 aliphatic heterocycles. The van der Waals surface area contributed by atoms with Crippen LogP contribution in [-0.4, -0.2) is 90.6 Å². The molecule has 0 saturated heterocycles. The molecule has 47 heavy (non-hydrogen) atoms. The second-order valence-corrected chi connectivity index (χ2v) is 12.8. The van der Waals surface area contributed by atoms with E-state index in [1.165, 1.54) is 0 Å². The summed E-state index contributed by atoms with van der Waals surface area (Å²) in [5, 5.41) is 1.71. The predicted molar refractivity (Wildman–Crippen MR) is 206 cm³/mol. The van der Waals surface area contributed by atoms with Crippen molar-refractivity contribution < 1.29 is 18.9 Å². The van der Waals surface area contributed by atoms with Crippen LogP contribution in [0.4, 0.5) is 11.4 Å². The maximum atomic E-state index is 5.63. The molecule has 0 amide bonds. The van der Waals surface area contributed by atoms with Crippen molar-refractivity contribution in [3.05, 3.63) is 47.8 Å². The van der Waals surface area contributed by atoms with Gasteiger partial charge in [-0.05, 0) is 71.1 Å². The maximum absolute atomic E-state index is 5.63. The summed E-state index contributed by atoms with van der Waals surface area (Å²) in [6.45, 7) is 8.00. The summed E-state index contributed by atoms with van der Waals surface area (Å²) >= 11 is 3.12. The summed E-state index contributed by atoms with van der Waals surface area (Å²) in [6.07, 6.45) is 6.02. The van der Waals surface area contributed by atoms with E-state index in [2.05, 4.69) is 60.1 Å². The summed E-state index contributed by atoms with van der Waals surface area (Å²) in [5.74, 6) is 1.66. The average Bonchev–Trinajstić information content (AvgIpc) is 3.55. The van der Waals surface area contributed by atoms with Crippen LogP contribution in [0.5, 0.6) is 21.6 Å². The molecule has 0 bridgehead atoms. The highest BCUT2D eigenvalue weighted by molar-refractivity contribution is 7.18. The van der Waals surface area contributed by atoms with Crippen molar-refractivity contribution in [2.75, 3.05) is 85.6 Å². The molecule has 0 aliphatic rings. The summed E-state index contributed by atoms with van der Waals surface area (Å²) in [4.78, 5) is 18.4. The SMILES string of the molecule is COc1sc(-c2ccc(N(C)CCCN(C)CCCN(C)c3ccc(-c4sc(OC)c(C)c4OC)nc3)cn2)c(OC)c1C.Cl.Cl.Cl. The molecule has 0 N–H and O–H groups in total. The van der Waals surface area contributed by atoms with Gasteiger partial charge in [-0.15, -0.1) is 37.2 Å². The quantitative estimate of drug-likeness (QED) is 0.113. The van der Waals surface area contributed by atoms with Gasteiger partial charge in [-0.1, -0.05) is 22.7 Å². The molecule has 0 unspecified atom stereocenters. The van der Waals surface area contributed by atoms with E-state index in [4.69, 9.17) is 28.9 Å². The highest BCUT2D eigenvalue weighted by atomic mass is 35.5. The number of anilines is 2. The van der Waals surface area contributed by atoms with Crippen LogP contribution in [0.25, 0.3) is 21.1 Å². The highest BCUT2D eigenvalue weighted by Crippen LogP contribution is 2.47. The number of halogens is 3. The zero-order valence-electron chi connectivity index (χ0n) is 28.6. The van der Waals surface area contributed by atoms with Crippen molar-refractivity contribution >= 4 is 71.3 Å². The molecule has 4 rings (SSSR count). The molecule has 4 aromatic rings. The van der Waals surface area contributed by atoms with Crippen LogP contribution >= 0.6 is 59.9 Å². The lowest BCUT2D eigenvalue weighted by Crippen LogP contribution is -2.28. The fraction of sp³-hybridized carbons (Fsp3) is 0.455. The van der Waals surface area contributed by atoms with Crippen molar-refractivity contribution in [2.45, 2.75) is 26.7 Å². The van der Waals surface area contributed by atoms with Gasteiger partial charge in [-0.3, -0.25) is 9.97 Å². The van der Waals surface area contributed by atoms with Gasteiger partial charge in [0, 0.05) is 38.3 Å². The lowest BCUT2D eigenvalue weighted by Gasteiger charge is -2.23. The number of pyridine rings is 2. The molecule has 4 aromatic heterocycles. The first-order valence-electron chi connectivity index (χ1n) is 14.7. The zero-order chi connectivity index (χ0) is 31.8. The third-order valence-electron chi connectivity index (χ3n) is 7.78. The number of ether oxygens (including phenoxy) is 4. The molecule has 0 aromatic carbocycles. The molecule has 0 atom stereocenters. The van der Waals surface area contributed by atoms with Gasteiger partial charge in [0.1, 0.15) is 11.5 Å². The Balaban J connectivity index is 0.00000368. The Morgan fingerprint density at radius 3 is 1.26 bits per heavy atom. The van der Waals surface area contributed by atoms with Crippen molar-refractivity contribution in [1.82, 2.24) is 14.9 Å². The van der Waals surface area contributed by atoms with Gasteiger partial charge >= 0.3 is 0 Å². The minimum Gasteiger partial charge on any atom is -0.495 e. The second kappa shape index (κ2) is 20.0. The van der Waals surface area contributed by atoms with E-state index in [0.29, 0.717) is 0 Å². The van der Waals surface area contributed by atoms with Gasteiger partial charge < -0.3 is 33.6 Å². The summed E-state index contributed by atoms with van der Waals surface area (Å²) in [6, 6.07) is 8.36. The van der Waals surface area contributed by atoms with E-state index in [0.717, 1.165) is 104 Å². The zero-order valence-corrected chi connectivity index (χ0v) is 32.7. The summed E-state index contributed by atoms with van der Waals surface area (Å²) < 4.78 is 22.2. The number of thiophene rings is 2. The fourth-order valence-electron chi connectivity index (χ4n) is 5.19. The maximum Gasteiger partial charge on any atom is 0.180 e. The molecular formula is C33H48Cl3N5O4S2. The largest absolute Gasteiger partial charge is 0.495 e. The minimum absolute atomic E-state index is 0. The highest BCUT2D eigenvalue weighted by Gasteiger charge is 2.20. The Hall–Kier alpha value is -2.67. The smallest absolute Gasteiger partial charge is 0.180 e. The molecule has 0 spiro atoms. The van der Waals surface area contributed by atoms with Crippen molar-refractivity contribution in [1.29, 1.82) is 0 Å². The van der Waals surface area contributed by atoms with Crippen molar-refractivity contribution in [3.8, 4) is 42.8 Å². The molecule has 0 aliphatic carbocycles. The predicted octanol–water partition coefficient (Wildman–Crippen LogP) is 8.13. The molecule has 0 radical (unpaired) electrons. The number of hydrogen-bond donors (Lipinski definition) is 0. The molecule has 0 saturated carbocycles. The second-order valence-electron chi connectivity index (χ2n) is 10.8. The Kier molecular flexibility index (Phi) is 18.0. The minimum atomic E-state index is 0. The van der Waals surface area contributed by atoms with Crippen LogP contribution in [0.3, 0.4) is 0 Å². The van der Waals surface area contributed by atoms with Crippen LogP contribution in [0.1, 0.15) is 24.0 Å². The Labute approximate surface area is 306 Å². The van der Waals surface area contributed by atoms with Crippen LogP contribution < -0.4 is 28.7 Å². The van der Waals surface area contributed by atoms with Gasteiger partial charge in [0.2, 0.25) is 0 Å². The summed E-state index contributed by atoms with van der Waals surface area (Å²) in [7, 11) is 13.2. The number of nitrogens with zero attached hydrogens (tertiary/aromatic N) is 5. The molecule has 4 heterocycles. The van der Waals surface area contributed by atoms with Crippen LogP contribution in [0, 0.1) is 13.8 Å². The van der Waals surface area contributed by atoms with Crippen molar-refractivity contribution in [2.24, 2.45) is 0 Å². The summed E-state index contributed by atoms with van der Waals surface area (Å²) in [5.41, 5.74) is 6.00.